The average molecular weight is 268 g/mol. The van der Waals surface area contributed by atoms with E-state index in [4.69, 9.17) is 16.3 Å². The second-order valence-electron chi connectivity index (χ2n) is 4.35. The molecule has 0 aliphatic rings. The van der Waals surface area contributed by atoms with E-state index >= 15 is 0 Å². The Bertz CT molecular complexity index is 455. The van der Waals surface area contributed by atoms with Crippen LogP contribution in [0.5, 0.6) is 5.75 Å². The van der Waals surface area contributed by atoms with E-state index in [1.165, 1.54) is 6.08 Å². The topological polar surface area (TPSA) is 29.5 Å². The van der Waals surface area contributed by atoms with Crippen LogP contribution >= 0.6 is 11.6 Å². The van der Waals surface area contributed by atoms with Gasteiger partial charge in [-0.3, -0.25) is 4.79 Å². The smallest absolute Gasteiger partial charge is 0.197 e. The van der Waals surface area contributed by atoms with Crippen molar-refractivity contribution in [2.45, 2.75) is 20.0 Å². The number of benzene rings is 1. The standard InChI is InChI=1S/C14H18ClNO2/c1-10-9-12(15)5-6-14(10)18-11(2)13(17)7-8-16(3)4/h5-9,11H,1-4H3/b8-7+/t11-/m0/s1. The van der Waals surface area contributed by atoms with Crippen molar-refractivity contribution in [2.24, 2.45) is 0 Å². The van der Waals surface area contributed by atoms with Crippen LogP contribution in [-0.2, 0) is 4.79 Å². The van der Waals surface area contributed by atoms with Gasteiger partial charge in [0.2, 0.25) is 0 Å². The summed E-state index contributed by atoms with van der Waals surface area (Å²) < 4.78 is 5.62. The molecule has 0 unspecified atom stereocenters. The van der Waals surface area contributed by atoms with Crippen LogP contribution in [0.2, 0.25) is 5.02 Å². The van der Waals surface area contributed by atoms with E-state index in [2.05, 4.69) is 0 Å². The van der Waals surface area contributed by atoms with Gasteiger partial charge in [-0.05, 0) is 37.6 Å². The maximum Gasteiger partial charge on any atom is 0.197 e. The number of nitrogens with zero attached hydrogens (tertiary/aromatic N) is 1. The highest BCUT2D eigenvalue weighted by molar-refractivity contribution is 6.30. The van der Waals surface area contributed by atoms with Crippen molar-refractivity contribution in [1.82, 2.24) is 4.90 Å². The SMILES string of the molecule is Cc1cc(Cl)ccc1O[C@@H](C)C(=O)/C=C/N(C)C. The third kappa shape index (κ3) is 4.41. The zero-order valence-electron chi connectivity index (χ0n) is 11.1. The molecule has 1 aromatic rings. The van der Waals surface area contributed by atoms with E-state index in [1.54, 1.807) is 30.2 Å². The maximum atomic E-state index is 11.8. The molecule has 0 aliphatic carbocycles. The lowest BCUT2D eigenvalue weighted by atomic mass is 10.2. The van der Waals surface area contributed by atoms with Crippen molar-refractivity contribution in [3.63, 3.8) is 0 Å². The molecule has 1 aromatic carbocycles. The molecule has 0 aromatic heterocycles. The quantitative estimate of drug-likeness (QED) is 0.768. The Morgan fingerprint density at radius 2 is 2.11 bits per heavy atom. The molecule has 0 spiro atoms. The highest BCUT2D eigenvalue weighted by atomic mass is 35.5. The molecule has 4 heteroatoms. The van der Waals surface area contributed by atoms with Gasteiger partial charge >= 0.3 is 0 Å². The molecule has 1 rings (SSSR count). The van der Waals surface area contributed by atoms with Gasteiger partial charge in [-0.1, -0.05) is 11.6 Å². The van der Waals surface area contributed by atoms with Gasteiger partial charge in [-0.25, -0.2) is 0 Å². The van der Waals surface area contributed by atoms with Gasteiger partial charge in [0.15, 0.2) is 11.9 Å². The number of hydrogen-bond acceptors (Lipinski definition) is 3. The molecular weight excluding hydrogens is 250 g/mol. The molecule has 98 valence electrons. The third-order valence-corrected chi connectivity index (χ3v) is 2.61. The van der Waals surface area contributed by atoms with Crippen molar-refractivity contribution in [1.29, 1.82) is 0 Å². The Morgan fingerprint density at radius 3 is 2.67 bits per heavy atom. The average Bonchev–Trinajstić information content (AvgIpc) is 2.29. The lowest BCUT2D eigenvalue weighted by molar-refractivity contribution is -0.120. The van der Waals surface area contributed by atoms with E-state index in [-0.39, 0.29) is 5.78 Å². The summed E-state index contributed by atoms with van der Waals surface area (Å²) in [7, 11) is 3.72. The van der Waals surface area contributed by atoms with Crippen molar-refractivity contribution >= 4 is 17.4 Å². The third-order valence-electron chi connectivity index (χ3n) is 2.38. The van der Waals surface area contributed by atoms with Gasteiger partial charge in [0.1, 0.15) is 5.75 Å². The van der Waals surface area contributed by atoms with Crippen LogP contribution in [0.25, 0.3) is 0 Å². The predicted octanol–water partition coefficient (Wildman–Crippen LogP) is 3.06. The molecule has 0 fully saturated rings. The van der Waals surface area contributed by atoms with Crippen molar-refractivity contribution in [3.05, 3.63) is 41.1 Å². The molecule has 0 aliphatic heterocycles. The highest BCUT2D eigenvalue weighted by Crippen LogP contribution is 2.22. The number of halogens is 1. The summed E-state index contributed by atoms with van der Waals surface area (Å²) in [5.41, 5.74) is 0.915. The molecule has 0 saturated heterocycles. The number of hydrogen-bond donors (Lipinski definition) is 0. The summed E-state index contributed by atoms with van der Waals surface area (Å²) in [6, 6.07) is 5.33. The zero-order valence-corrected chi connectivity index (χ0v) is 11.9. The Kier molecular flexibility index (Phi) is 5.23. The first-order valence-corrected chi connectivity index (χ1v) is 6.09. The number of rotatable bonds is 5. The minimum atomic E-state index is -0.513. The summed E-state index contributed by atoms with van der Waals surface area (Å²) in [6.45, 7) is 3.63. The number of aryl methyl sites for hydroxylation is 1. The molecule has 0 radical (unpaired) electrons. The summed E-state index contributed by atoms with van der Waals surface area (Å²) >= 11 is 5.86. The van der Waals surface area contributed by atoms with E-state index in [0.717, 1.165) is 5.56 Å². The molecule has 0 heterocycles. The molecule has 0 amide bonds. The summed E-state index contributed by atoms with van der Waals surface area (Å²) in [5.74, 6) is 0.608. The van der Waals surface area contributed by atoms with Crippen molar-refractivity contribution in [3.8, 4) is 5.75 Å². The summed E-state index contributed by atoms with van der Waals surface area (Å²) in [5, 5.41) is 0.659. The number of ether oxygens (including phenoxy) is 1. The first-order valence-electron chi connectivity index (χ1n) is 5.71. The van der Waals surface area contributed by atoms with Crippen LogP contribution in [0.3, 0.4) is 0 Å². The van der Waals surface area contributed by atoms with Gasteiger partial charge in [-0.15, -0.1) is 0 Å². The second kappa shape index (κ2) is 6.45. The molecule has 0 saturated carbocycles. The lowest BCUT2D eigenvalue weighted by Gasteiger charge is -2.14. The van der Waals surface area contributed by atoms with Crippen LogP contribution in [0, 0.1) is 6.92 Å². The van der Waals surface area contributed by atoms with Gasteiger partial charge in [-0.2, -0.15) is 0 Å². The van der Waals surface area contributed by atoms with E-state index in [9.17, 15) is 4.79 Å². The Balaban J connectivity index is 2.69. The first-order chi connectivity index (χ1) is 8.40. The Hall–Kier alpha value is -1.48. The van der Waals surface area contributed by atoms with Gasteiger partial charge in [0.25, 0.3) is 0 Å². The van der Waals surface area contributed by atoms with Crippen LogP contribution < -0.4 is 4.74 Å². The van der Waals surface area contributed by atoms with Crippen LogP contribution in [0.1, 0.15) is 12.5 Å². The molecule has 3 nitrogen and oxygen atoms in total. The second-order valence-corrected chi connectivity index (χ2v) is 4.79. The van der Waals surface area contributed by atoms with Crippen molar-refractivity contribution < 1.29 is 9.53 Å². The molecule has 1 atom stereocenters. The van der Waals surface area contributed by atoms with Gasteiger partial charge in [0.05, 0.1) is 0 Å². The molecular formula is C14H18ClNO2. The minimum Gasteiger partial charge on any atom is -0.482 e. The van der Waals surface area contributed by atoms with E-state index in [1.807, 2.05) is 27.1 Å². The summed E-state index contributed by atoms with van der Waals surface area (Å²) in [6.07, 6.45) is 2.70. The largest absolute Gasteiger partial charge is 0.482 e. The number of carbonyl (C=O) groups is 1. The minimum absolute atomic E-state index is 0.0712. The first kappa shape index (κ1) is 14.6. The monoisotopic (exact) mass is 267 g/mol. The Labute approximate surface area is 113 Å². The molecule has 0 bridgehead atoms. The highest BCUT2D eigenvalue weighted by Gasteiger charge is 2.13. The predicted molar refractivity (Wildman–Crippen MR) is 74.1 cm³/mol. The van der Waals surface area contributed by atoms with Crippen LogP contribution in [0.4, 0.5) is 0 Å². The molecule has 18 heavy (non-hydrogen) atoms. The van der Waals surface area contributed by atoms with E-state index in [0.29, 0.717) is 10.8 Å². The fraction of sp³-hybridized carbons (Fsp3) is 0.357. The van der Waals surface area contributed by atoms with Gasteiger partial charge in [0, 0.05) is 31.4 Å². The van der Waals surface area contributed by atoms with Crippen LogP contribution in [0.15, 0.2) is 30.5 Å². The summed E-state index contributed by atoms with van der Waals surface area (Å²) in [4.78, 5) is 13.6. The maximum absolute atomic E-state index is 11.8. The van der Waals surface area contributed by atoms with E-state index < -0.39 is 6.10 Å². The molecule has 0 N–H and O–H groups in total. The normalized spacial score (nSPS) is 12.5. The Morgan fingerprint density at radius 1 is 1.44 bits per heavy atom. The number of carbonyl (C=O) groups excluding carboxylic acids is 1. The zero-order chi connectivity index (χ0) is 13.7. The fourth-order valence-corrected chi connectivity index (χ4v) is 1.58. The van der Waals surface area contributed by atoms with Crippen LogP contribution in [-0.4, -0.2) is 30.9 Å². The lowest BCUT2D eigenvalue weighted by Crippen LogP contribution is -2.22. The van der Waals surface area contributed by atoms with Crippen molar-refractivity contribution in [2.75, 3.05) is 14.1 Å². The fourth-order valence-electron chi connectivity index (χ4n) is 1.35. The number of ketones is 1. The van der Waals surface area contributed by atoms with Gasteiger partial charge < -0.3 is 9.64 Å².